The van der Waals surface area contributed by atoms with Crippen LogP contribution in [0.3, 0.4) is 0 Å². The zero-order valence-electron chi connectivity index (χ0n) is 13.5. The lowest BCUT2D eigenvalue weighted by atomic mass is 9.99. The van der Waals surface area contributed by atoms with Crippen molar-refractivity contribution in [1.29, 1.82) is 0 Å². The van der Waals surface area contributed by atoms with Gasteiger partial charge in [0.25, 0.3) is 5.56 Å². The van der Waals surface area contributed by atoms with Crippen molar-refractivity contribution in [1.82, 2.24) is 25.1 Å². The second-order valence-corrected chi connectivity index (χ2v) is 6.76. The van der Waals surface area contributed by atoms with Crippen LogP contribution < -0.4 is 10.9 Å². The molecule has 2 N–H and O–H groups in total. The maximum atomic E-state index is 14.2. The van der Waals surface area contributed by atoms with E-state index in [1.54, 1.807) is 34.7 Å². The highest BCUT2D eigenvalue weighted by molar-refractivity contribution is 8.02. The Morgan fingerprint density at radius 3 is 2.92 bits per heavy atom. The first kappa shape index (κ1) is 16.8. The number of hydrogen-bond donors (Lipinski definition) is 2. The predicted molar refractivity (Wildman–Crippen MR) is 96.3 cm³/mol. The predicted octanol–water partition coefficient (Wildman–Crippen LogP) is 2.45. The monoisotopic (exact) mass is 375 g/mol. The molecule has 0 bridgehead atoms. The van der Waals surface area contributed by atoms with E-state index in [1.807, 2.05) is 11.5 Å². The molecule has 0 radical (unpaired) electrons. The van der Waals surface area contributed by atoms with Crippen LogP contribution in [0.2, 0.25) is 0 Å². The Labute approximate surface area is 151 Å². The van der Waals surface area contributed by atoms with E-state index in [-0.39, 0.29) is 11.7 Å². The molecule has 0 aromatic carbocycles. The van der Waals surface area contributed by atoms with Crippen LogP contribution in [0.1, 0.15) is 5.69 Å². The zero-order chi connectivity index (χ0) is 18.1. The first-order chi connectivity index (χ1) is 12.6. The Kier molecular flexibility index (Phi) is 4.46. The van der Waals surface area contributed by atoms with E-state index >= 15 is 0 Å². The summed E-state index contributed by atoms with van der Waals surface area (Å²) in [4.78, 5) is 17.8. The number of allylic oxidation sites excluding steroid dienone is 4. The molecule has 2 atom stereocenters. The van der Waals surface area contributed by atoms with E-state index in [4.69, 9.17) is 0 Å². The number of nitrogens with zero attached hydrogens (tertiary/aromatic N) is 3. The Hall–Kier alpha value is -2.68. The van der Waals surface area contributed by atoms with Crippen molar-refractivity contribution in [3.05, 3.63) is 63.8 Å². The smallest absolute Gasteiger partial charge is 0.287 e. The first-order valence-electron chi connectivity index (χ1n) is 8.00. The van der Waals surface area contributed by atoms with Crippen molar-refractivity contribution in [2.75, 3.05) is 5.88 Å². The topological polar surface area (TPSA) is 75.6 Å². The minimum atomic E-state index is -1.09. The van der Waals surface area contributed by atoms with Crippen LogP contribution in [0, 0.1) is 11.7 Å². The fourth-order valence-electron chi connectivity index (χ4n) is 2.82. The number of thioether (sulfide) groups is 1. The summed E-state index contributed by atoms with van der Waals surface area (Å²) in [6, 6.07) is 1.75. The largest absolute Gasteiger partial charge is 0.374 e. The van der Waals surface area contributed by atoms with Crippen LogP contribution in [0.4, 0.5) is 8.78 Å². The highest BCUT2D eigenvalue weighted by Gasteiger charge is 2.23. The van der Waals surface area contributed by atoms with Crippen LogP contribution >= 0.6 is 11.8 Å². The van der Waals surface area contributed by atoms with Gasteiger partial charge in [0.1, 0.15) is 11.9 Å². The second kappa shape index (κ2) is 6.91. The molecule has 134 valence electrons. The van der Waals surface area contributed by atoms with Crippen LogP contribution in [0.25, 0.3) is 17.2 Å². The normalized spacial score (nSPS) is 21.7. The second-order valence-electron chi connectivity index (χ2n) is 5.90. The average Bonchev–Trinajstić information content (AvgIpc) is 3.29. The van der Waals surface area contributed by atoms with Gasteiger partial charge in [0.2, 0.25) is 5.82 Å². The molecule has 9 heteroatoms. The number of halogens is 2. The Morgan fingerprint density at radius 2 is 2.19 bits per heavy atom. The molecule has 1 unspecified atom stereocenters. The molecule has 2 aromatic rings. The molecule has 0 saturated heterocycles. The summed E-state index contributed by atoms with van der Waals surface area (Å²) < 4.78 is 29.0. The molecule has 0 fully saturated rings. The molecular formula is C17H15F2N5OS. The maximum Gasteiger partial charge on any atom is 0.287 e. The van der Waals surface area contributed by atoms with Crippen LogP contribution in [-0.4, -0.2) is 31.8 Å². The fraction of sp³-hybridized carbons (Fsp3) is 0.235. The molecule has 3 heterocycles. The van der Waals surface area contributed by atoms with Crippen molar-refractivity contribution in [3.63, 3.8) is 0 Å². The van der Waals surface area contributed by atoms with Gasteiger partial charge in [-0.05, 0) is 11.5 Å². The SMILES string of the molecule is O=c1[nH]c(-c2cc(C3=CSCN3)n(CC3C=CC=C[C@H]3F)n2)ncc1F. The van der Waals surface area contributed by atoms with Gasteiger partial charge in [0.05, 0.1) is 30.0 Å². The lowest BCUT2D eigenvalue weighted by Crippen LogP contribution is -2.22. The summed E-state index contributed by atoms with van der Waals surface area (Å²) in [6.45, 7) is 0.326. The number of H-pyrrole nitrogens is 1. The van der Waals surface area contributed by atoms with Gasteiger partial charge in [-0.3, -0.25) is 9.48 Å². The molecular weight excluding hydrogens is 360 g/mol. The van der Waals surface area contributed by atoms with Crippen molar-refractivity contribution in [2.24, 2.45) is 5.92 Å². The lowest BCUT2D eigenvalue weighted by Gasteiger charge is -2.19. The summed E-state index contributed by atoms with van der Waals surface area (Å²) in [5.41, 5.74) is 1.16. The van der Waals surface area contributed by atoms with Gasteiger partial charge in [0.15, 0.2) is 5.82 Å². The lowest BCUT2D eigenvalue weighted by molar-refractivity contribution is 0.286. The molecule has 0 spiro atoms. The molecule has 6 nitrogen and oxygen atoms in total. The summed E-state index contributed by atoms with van der Waals surface area (Å²) in [5.74, 6) is -0.400. The van der Waals surface area contributed by atoms with Crippen LogP contribution in [-0.2, 0) is 6.54 Å². The third kappa shape index (κ3) is 3.22. The van der Waals surface area contributed by atoms with Crippen LogP contribution in [0.5, 0.6) is 0 Å². The van der Waals surface area contributed by atoms with Gasteiger partial charge < -0.3 is 10.3 Å². The molecule has 2 aliphatic rings. The van der Waals surface area contributed by atoms with Gasteiger partial charge in [0, 0.05) is 5.92 Å². The summed E-state index contributed by atoms with van der Waals surface area (Å²) in [7, 11) is 0. The van der Waals surface area contributed by atoms with Crippen molar-refractivity contribution < 1.29 is 8.78 Å². The number of nitrogens with one attached hydrogen (secondary N) is 2. The number of aromatic amines is 1. The third-order valence-electron chi connectivity index (χ3n) is 4.16. The highest BCUT2D eigenvalue weighted by Crippen LogP contribution is 2.27. The minimum Gasteiger partial charge on any atom is -0.374 e. The molecule has 4 rings (SSSR count). The van der Waals surface area contributed by atoms with Gasteiger partial charge in [-0.2, -0.15) is 9.49 Å². The molecule has 0 saturated carbocycles. The van der Waals surface area contributed by atoms with E-state index in [9.17, 15) is 13.6 Å². The maximum absolute atomic E-state index is 14.2. The van der Waals surface area contributed by atoms with Gasteiger partial charge >= 0.3 is 0 Å². The summed E-state index contributed by atoms with van der Waals surface area (Å²) in [6.07, 6.45) is 6.58. The zero-order valence-corrected chi connectivity index (χ0v) is 14.3. The van der Waals surface area contributed by atoms with Gasteiger partial charge in [-0.1, -0.05) is 24.3 Å². The van der Waals surface area contributed by atoms with Crippen molar-refractivity contribution in [2.45, 2.75) is 12.7 Å². The Balaban J connectivity index is 1.72. The van der Waals surface area contributed by atoms with Crippen LogP contribution in [0.15, 0.2) is 46.8 Å². The van der Waals surface area contributed by atoms with E-state index in [0.717, 1.165) is 23.5 Å². The summed E-state index contributed by atoms with van der Waals surface area (Å²) in [5, 5.41) is 9.66. The molecule has 26 heavy (non-hydrogen) atoms. The summed E-state index contributed by atoms with van der Waals surface area (Å²) >= 11 is 1.61. The van der Waals surface area contributed by atoms with Gasteiger partial charge in [-0.25, -0.2) is 9.37 Å². The number of hydrogen-bond acceptors (Lipinski definition) is 5. The standard InChI is InChI=1S/C17H15F2N5OS/c18-11-4-2-1-3-10(11)7-24-15(14-8-26-9-21-14)5-13(23-24)16-20-6-12(19)17(25)22-16/h1-6,8,10-11,21H,7,9H2,(H,20,22,25)/t10?,11-/m1/s1. The molecule has 1 aliphatic carbocycles. The third-order valence-corrected chi connectivity index (χ3v) is 4.87. The minimum absolute atomic E-state index is 0.165. The fourth-order valence-corrected chi connectivity index (χ4v) is 3.52. The number of aromatic nitrogens is 4. The Morgan fingerprint density at radius 1 is 1.35 bits per heavy atom. The van der Waals surface area contributed by atoms with Crippen molar-refractivity contribution >= 4 is 17.5 Å². The molecule has 1 aliphatic heterocycles. The van der Waals surface area contributed by atoms with Gasteiger partial charge in [-0.15, -0.1) is 11.8 Å². The number of rotatable bonds is 4. The van der Waals surface area contributed by atoms with E-state index in [1.165, 1.54) is 6.08 Å². The molecule has 2 aromatic heterocycles. The average molecular weight is 375 g/mol. The molecule has 0 amide bonds. The first-order valence-corrected chi connectivity index (χ1v) is 9.05. The van der Waals surface area contributed by atoms with E-state index in [0.29, 0.717) is 12.2 Å². The quantitative estimate of drug-likeness (QED) is 0.859. The van der Waals surface area contributed by atoms with Crippen molar-refractivity contribution in [3.8, 4) is 11.5 Å². The van der Waals surface area contributed by atoms with E-state index < -0.39 is 17.5 Å². The van der Waals surface area contributed by atoms with E-state index in [2.05, 4.69) is 20.4 Å². The number of alkyl halides is 1. The Bertz CT molecular complexity index is 978. The highest BCUT2D eigenvalue weighted by atomic mass is 32.2.